The van der Waals surface area contributed by atoms with E-state index in [2.05, 4.69) is 15.6 Å². The van der Waals surface area contributed by atoms with Gasteiger partial charge < -0.3 is 20.5 Å². The first-order valence-electron chi connectivity index (χ1n) is 10.1. The fourth-order valence-corrected chi connectivity index (χ4v) is 4.00. The van der Waals surface area contributed by atoms with Crippen LogP contribution in [0.25, 0.3) is 0 Å². The molecule has 2 heterocycles. The van der Waals surface area contributed by atoms with Crippen molar-refractivity contribution in [3.63, 3.8) is 0 Å². The molecule has 8 nitrogen and oxygen atoms in total. The molecule has 33 heavy (non-hydrogen) atoms. The number of rotatable bonds is 5. The normalized spacial score (nSPS) is 20.0. The third kappa shape index (κ3) is 4.02. The zero-order chi connectivity index (χ0) is 23.1. The molecule has 3 atom stereocenters. The maximum absolute atomic E-state index is 14.2. The minimum atomic E-state index is -0.615. The molecular formula is C23H18F2N4O4. The number of aromatic nitrogens is 1. The molecule has 168 valence electrons. The number of anilines is 1. The highest BCUT2D eigenvalue weighted by molar-refractivity contribution is 5.92. The van der Waals surface area contributed by atoms with Crippen molar-refractivity contribution < 1.29 is 27.8 Å². The molecule has 0 saturated heterocycles. The van der Waals surface area contributed by atoms with Gasteiger partial charge in [-0.05, 0) is 48.5 Å². The summed E-state index contributed by atoms with van der Waals surface area (Å²) in [4.78, 5) is 27.6. The van der Waals surface area contributed by atoms with E-state index in [9.17, 15) is 18.4 Å². The Kier molecular flexibility index (Phi) is 5.04. The number of urea groups is 1. The Balaban J connectivity index is 1.18. The van der Waals surface area contributed by atoms with Crippen LogP contribution >= 0.6 is 0 Å². The Labute approximate surface area is 186 Å². The molecule has 0 radical (unpaired) electrons. The number of halogens is 2. The van der Waals surface area contributed by atoms with Gasteiger partial charge in [0.05, 0.1) is 12.8 Å². The summed E-state index contributed by atoms with van der Waals surface area (Å²) in [5, 5.41) is 5.38. The number of ether oxygens (including phenoxy) is 2. The van der Waals surface area contributed by atoms with Crippen molar-refractivity contribution in [3.8, 4) is 17.2 Å². The van der Waals surface area contributed by atoms with E-state index in [1.54, 1.807) is 36.4 Å². The Bertz CT molecular complexity index is 1230. The van der Waals surface area contributed by atoms with Crippen LogP contribution in [0.15, 0.2) is 54.7 Å². The number of nitrogens with one attached hydrogen (secondary N) is 2. The Morgan fingerprint density at radius 3 is 2.45 bits per heavy atom. The zero-order valence-corrected chi connectivity index (χ0v) is 17.0. The van der Waals surface area contributed by atoms with Crippen LogP contribution in [-0.4, -0.2) is 29.6 Å². The number of carbonyl (C=O) groups excluding carboxylic acids is 2. The lowest BCUT2D eigenvalue weighted by atomic mass is 10.0. The summed E-state index contributed by atoms with van der Waals surface area (Å²) in [5.74, 6) is -1.04. The topological polar surface area (TPSA) is 116 Å². The van der Waals surface area contributed by atoms with Crippen molar-refractivity contribution in [2.45, 2.75) is 12.0 Å². The molecule has 0 unspecified atom stereocenters. The quantitative estimate of drug-likeness (QED) is 0.548. The SMILES string of the molecule is NC(=O)c1ccc(Oc2ccc(NC(=O)N[C@@H]3[C@@H]4COc5c(F)ccc(F)c5[C@@H]43)nc2)cc1. The molecule has 2 aromatic carbocycles. The minimum absolute atomic E-state index is 0.0810. The van der Waals surface area contributed by atoms with Gasteiger partial charge in [0, 0.05) is 29.0 Å². The van der Waals surface area contributed by atoms with Gasteiger partial charge in [0.25, 0.3) is 0 Å². The van der Waals surface area contributed by atoms with Gasteiger partial charge >= 0.3 is 6.03 Å². The van der Waals surface area contributed by atoms with Crippen molar-refractivity contribution in [3.05, 3.63) is 77.5 Å². The third-order valence-electron chi connectivity index (χ3n) is 5.67. The van der Waals surface area contributed by atoms with Gasteiger partial charge in [0.1, 0.15) is 23.1 Å². The van der Waals surface area contributed by atoms with Crippen molar-refractivity contribution in [1.82, 2.24) is 10.3 Å². The van der Waals surface area contributed by atoms with Crippen LogP contribution in [0, 0.1) is 17.6 Å². The molecule has 1 aromatic heterocycles. The van der Waals surface area contributed by atoms with Crippen LogP contribution in [0.5, 0.6) is 17.2 Å². The average molecular weight is 452 g/mol. The van der Waals surface area contributed by atoms with Gasteiger partial charge in [-0.1, -0.05) is 0 Å². The predicted molar refractivity (Wildman–Crippen MR) is 113 cm³/mol. The maximum Gasteiger partial charge on any atom is 0.320 e. The zero-order valence-electron chi connectivity index (χ0n) is 17.0. The van der Waals surface area contributed by atoms with E-state index in [1.165, 1.54) is 6.20 Å². The summed E-state index contributed by atoms with van der Waals surface area (Å²) in [5.41, 5.74) is 5.74. The lowest BCUT2D eigenvalue weighted by Crippen LogP contribution is -2.32. The monoisotopic (exact) mass is 452 g/mol. The number of benzene rings is 2. The van der Waals surface area contributed by atoms with Crippen LogP contribution in [-0.2, 0) is 0 Å². The fraction of sp³-hybridized carbons (Fsp3) is 0.174. The molecular weight excluding hydrogens is 434 g/mol. The van der Waals surface area contributed by atoms with E-state index in [0.717, 1.165) is 12.1 Å². The molecule has 1 saturated carbocycles. The highest BCUT2D eigenvalue weighted by Crippen LogP contribution is 2.55. The van der Waals surface area contributed by atoms with E-state index >= 15 is 0 Å². The lowest BCUT2D eigenvalue weighted by molar-refractivity contribution is 0.1000. The molecule has 5 rings (SSSR count). The molecule has 1 aliphatic carbocycles. The van der Waals surface area contributed by atoms with Crippen molar-refractivity contribution in [1.29, 1.82) is 0 Å². The number of fused-ring (bicyclic) bond motifs is 3. The number of nitrogens with two attached hydrogens (primary N) is 1. The van der Waals surface area contributed by atoms with Gasteiger partial charge in [-0.15, -0.1) is 0 Å². The summed E-state index contributed by atoms with van der Waals surface area (Å²) in [6.07, 6.45) is 1.43. The maximum atomic E-state index is 14.2. The van der Waals surface area contributed by atoms with Crippen LogP contribution in [0.4, 0.5) is 19.4 Å². The first kappa shape index (κ1) is 20.7. The van der Waals surface area contributed by atoms with Gasteiger partial charge in [-0.3, -0.25) is 10.1 Å². The van der Waals surface area contributed by atoms with Crippen LogP contribution in [0.3, 0.4) is 0 Å². The smallest absolute Gasteiger partial charge is 0.320 e. The Morgan fingerprint density at radius 1 is 1.03 bits per heavy atom. The second-order valence-corrected chi connectivity index (χ2v) is 7.77. The summed E-state index contributed by atoms with van der Waals surface area (Å²) in [7, 11) is 0. The third-order valence-corrected chi connectivity index (χ3v) is 5.67. The van der Waals surface area contributed by atoms with E-state index in [0.29, 0.717) is 17.1 Å². The lowest BCUT2D eigenvalue weighted by Gasteiger charge is -2.16. The van der Waals surface area contributed by atoms with Crippen LogP contribution < -0.4 is 25.8 Å². The number of nitrogens with zero attached hydrogens (tertiary/aromatic N) is 1. The van der Waals surface area contributed by atoms with Crippen molar-refractivity contribution >= 4 is 17.8 Å². The first-order valence-corrected chi connectivity index (χ1v) is 10.1. The molecule has 1 fully saturated rings. The van der Waals surface area contributed by atoms with Crippen LogP contribution in [0.2, 0.25) is 0 Å². The first-order chi connectivity index (χ1) is 15.9. The molecule has 2 aliphatic rings. The summed E-state index contributed by atoms with van der Waals surface area (Å²) < 4.78 is 39.1. The van der Waals surface area contributed by atoms with Gasteiger partial charge in [-0.2, -0.15) is 0 Å². The fourth-order valence-electron chi connectivity index (χ4n) is 4.00. The summed E-state index contributed by atoms with van der Waals surface area (Å²) in [6.45, 7) is 0.202. The molecule has 10 heteroatoms. The number of amides is 3. The van der Waals surface area contributed by atoms with E-state index in [-0.39, 0.29) is 41.6 Å². The average Bonchev–Trinajstić information content (AvgIpc) is 3.50. The van der Waals surface area contributed by atoms with Crippen molar-refractivity contribution in [2.75, 3.05) is 11.9 Å². The standard InChI is InChI=1S/C23H18F2N4O4/c24-15-6-7-16(25)21-19(15)18-14(10-32-21)20(18)29-23(31)28-17-8-5-13(9-27-17)33-12-3-1-11(2-4-12)22(26)30/h1-9,14,18,20H,10H2,(H2,26,30)(H2,27,28,29,31)/t14-,18-,20-/m1/s1. The highest BCUT2D eigenvalue weighted by Gasteiger charge is 2.57. The largest absolute Gasteiger partial charge is 0.490 e. The summed E-state index contributed by atoms with van der Waals surface area (Å²) >= 11 is 0. The Morgan fingerprint density at radius 2 is 1.76 bits per heavy atom. The molecule has 1 aliphatic heterocycles. The predicted octanol–water partition coefficient (Wildman–Crippen LogP) is 3.55. The van der Waals surface area contributed by atoms with Gasteiger partial charge in [0.2, 0.25) is 5.91 Å². The summed E-state index contributed by atoms with van der Waals surface area (Å²) in [6, 6.07) is 10.7. The van der Waals surface area contributed by atoms with Crippen LogP contribution in [0.1, 0.15) is 21.8 Å². The number of hydrogen-bond donors (Lipinski definition) is 3. The highest BCUT2D eigenvalue weighted by atomic mass is 19.1. The number of carbonyl (C=O) groups is 2. The van der Waals surface area contributed by atoms with Gasteiger partial charge in [-0.25, -0.2) is 18.6 Å². The van der Waals surface area contributed by atoms with E-state index < -0.39 is 23.6 Å². The molecule has 0 bridgehead atoms. The number of primary amides is 1. The molecule has 3 aromatic rings. The Hall–Kier alpha value is -4.21. The van der Waals surface area contributed by atoms with E-state index in [1.807, 2.05) is 0 Å². The molecule has 0 spiro atoms. The van der Waals surface area contributed by atoms with Gasteiger partial charge in [0.15, 0.2) is 11.6 Å². The second kappa shape index (κ2) is 8.05. The van der Waals surface area contributed by atoms with E-state index in [4.69, 9.17) is 15.2 Å². The number of hydrogen-bond acceptors (Lipinski definition) is 5. The minimum Gasteiger partial charge on any atom is -0.490 e. The molecule has 3 amide bonds. The second-order valence-electron chi connectivity index (χ2n) is 7.77. The molecule has 4 N–H and O–H groups in total. The van der Waals surface area contributed by atoms with Crippen molar-refractivity contribution in [2.24, 2.45) is 11.7 Å². The number of pyridine rings is 1.